The van der Waals surface area contributed by atoms with Crippen LogP contribution in [-0.2, 0) is 0 Å². The number of ether oxygens (including phenoxy) is 1. The Kier molecular flexibility index (Phi) is 5.39. The van der Waals surface area contributed by atoms with Crippen molar-refractivity contribution >= 4 is 11.4 Å². The molecule has 0 amide bonds. The van der Waals surface area contributed by atoms with Crippen LogP contribution in [0.3, 0.4) is 0 Å². The van der Waals surface area contributed by atoms with E-state index in [9.17, 15) is 19.1 Å². The number of rotatable bonds is 5. The molecule has 2 N–H and O–H groups in total. The van der Waals surface area contributed by atoms with Gasteiger partial charge in [0.05, 0.1) is 24.2 Å². The highest BCUT2D eigenvalue weighted by atomic mass is 19.1. The fraction of sp³-hybridized carbons (Fsp3) is 0.150. The topological polar surface area (TPSA) is 96.7 Å². The van der Waals surface area contributed by atoms with Crippen molar-refractivity contribution in [3.8, 4) is 17.3 Å². The molecule has 0 aliphatic heterocycles. The molecule has 0 spiro atoms. The van der Waals surface area contributed by atoms with Gasteiger partial charge >= 0.3 is 5.69 Å². The molecule has 0 aliphatic carbocycles. The van der Waals surface area contributed by atoms with Gasteiger partial charge in [-0.15, -0.1) is 0 Å². The summed E-state index contributed by atoms with van der Waals surface area (Å²) in [5, 5.41) is 10.7. The molecule has 0 radical (unpaired) electrons. The maximum Gasteiger partial charge on any atom is 0.335 e. The van der Waals surface area contributed by atoms with Crippen LogP contribution in [0, 0.1) is 5.82 Å². The van der Waals surface area contributed by atoms with Crippen molar-refractivity contribution in [1.82, 2.24) is 9.55 Å². The maximum absolute atomic E-state index is 14.0. The van der Waals surface area contributed by atoms with Crippen LogP contribution >= 0.6 is 0 Å². The second kappa shape index (κ2) is 7.91. The third kappa shape index (κ3) is 3.57. The largest absolute Gasteiger partial charge is 0.497 e. The van der Waals surface area contributed by atoms with Gasteiger partial charge in [-0.3, -0.25) is 9.78 Å². The Bertz CT molecular complexity index is 1150. The number of aromatic nitrogens is 2. The van der Waals surface area contributed by atoms with E-state index in [-0.39, 0.29) is 23.4 Å². The van der Waals surface area contributed by atoms with Crippen molar-refractivity contribution < 1.29 is 14.2 Å². The zero-order chi connectivity index (χ0) is 20.3. The average Bonchev–Trinajstić information content (AvgIpc) is 2.68. The predicted octanol–water partition coefficient (Wildman–Crippen LogP) is 2.91. The Morgan fingerprint density at radius 3 is 2.46 bits per heavy atom. The summed E-state index contributed by atoms with van der Waals surface area (Å²) >= 11 is 0. The molecular formula is C20H18FN3O4. The van der Waals surface area contributed by atoms with E-state index in [1.807, 2.05) is 0 Å². The third-order valence-corrected chi connectivity index (χ3v) is 4.15. The SMILES string of the molecule is CCC(=Nc1ccccc1F)c1c(O)n(-c2ccc(OC)cc2)c(=O)[nH]c1=O. The van der Waals surface area contributed by atoms with Crippen LogP contribution in [0.15, 0.2) is 63.1 Å². The molecule has 0 bridgehead atoms. The van der Waals surface area contributed by atoms with Crippen molar-refractivity contribution in [1.29, 1.82) is 0 Å². The van der Waals surface area contributed by atoms with Crippen molar-refractivity contribution in [3.63, 3.8) is 0 Å². The molecule has 2 aromatic carbocycles. The molecule has 0 fully saturated rings. The van der Waals surface area contributed by atoms with Gasteiger partial charge in [-0.2, -0.15) is 0 Å². The molecule has 3 rings (SSSR count). The number of aromatic hydroxyl groups is 1. The van der Waals surface area contributed by atoms with Crippen LogP contribution in [0.4, 0.5) is 10.1 Å². The first-order valence-electron chi connectivity index (χ1n) is 8.51. The zero-order valence-electron chi connectivity index (χ0n) is 15.3. The summed E-state index contributed by atoms with van der Waals surface area (Å²) in [5.74, 6) is -0.569. The van der Waals surface area contributed by atoms with E-state index >= 15 is 0 Å². The van der Waals surface area contributed by atoms with Crippen LogP contribution < -0.4 is 16.0 Å². The summed E-state index contributed by atoms with van der Waals surface area (Å²) in [7, 11) is 1.50. The van der Waals surface area contributed by atoms with E-state index in [0.29, 0.717) is 11.4 Å². The monoisotopic (exact) mass is 383 g/mol. The number of para-hydroxylation sites is 1. The summed E-state index contributed by atoms with van der Waals surface area (Å²) in [6.07, 6.45) is 0.228. The van der Waals surface area contributed by atoms with Gasteiger partial charge in [0.1, 0.15) is 17.1 Å². The molecule has 1 aromatic heterocycles. The van der Waals surface area contributed by atoms with E-state index in [0.717, 1.165) is 4.57 Å². The molecule has 3 aromatic rings. The predicted molar refractivity (Wildman–Crippen MR) is 104 cm³/mol. The first-order chi connectivity index (χ1) is 13.5. The quantitative estimate of drug-likeness (QED) is 0.662. The van der Waals surface area contributed by atoms with Crippen LogP contribution in [0.25, 0.3) is 5.69 Å². The molecule has 144 valence electrons. The van der Waals surface area contributed by atoms with E-state index in [2.05, 4.69) is 9.98 Å². The maximum atomic E-state index is 14.0. The molecule has 0 saturated carbocycles. The molecule has 0 aliphatic rings. The molecule has 8 heteroatoms. The number of aliphatic imine (C=N–C) groups is 1. The summed E-state index contributed by atoms with van der Waals surface area (Å²) < 4.78 is 20.0. The summed E-state index contributed by atoms with van der Waals surface area (Å²) in [5.41, 5.74) is -1.31. The van der Waals surface area contributed by atoms with Crippen LogP contribution in [0.1, 0.15) is 18.9 Å². The van der Waals surface area contributed by atoms with Gasteiger partial charge < -0.3 is 9.84 Å². The minimum absolute atomic E-state index is 0.0281. The molecular weight excluding hydrogens is 365 g/mol. The second-order valence-corrected chi connectivity index (χ2v) is 5.85. The zero-order valence-corrected chi connectivity index (χ0v) is 15.3. The van der Waals surface area contributed by atoms with E-state index < -0.39 is 22.9 Å². The van der Waals surface area contributed by atoms with Gasteiger partial charge in [-0.05, 0) is 42.8 Å². The smallest absolute Gasteiger partial charge is 0.335 e. The number of hydrogen-bond acceptors (Lipinski definition) is 5. The van der Waals surface area contributed by atoms with E-state index in [1.54, 1.807) is 37.3 Å². The Balaban J connectivity index is 2.22. The lowest BCUT2D eigenvalue weighted by molar-refractivity contribution is 0.414. The summed E-state index contributed by atoms with van der Waals surface area (Å²) in [6.45, 7) is 1.71. The van der Waals surface area contributed by atoms with Crippen molar-refractivity contribution in [2.75, 3.05) is 7.11 Å². The lowest BCUT2D eigenvalue weighted by atomic mass is 10.1. The molecule has 0 unspecified atom stereocenters. The van der Waals surface area contributed by atoms with Crippen LogP contribution in [0.5, 0.6) is 11.6 Å². The normalized spacial score (nSPS) is 11.5. The second-order valence-electron chi connectivity index (χ2n) is 5.85. The van der Waals surface area contributed by atoms with Gasteiger partial charge in [-0.25, -0.2) is 18.7 Å². The van der Waals surface area contributed by atoms with Crippen LogP contribution in [0.2, 0.25) is 0 Å². The van der Waals surface area contributed by atoms with Crippen molar-refractivity contribution in [2.45, 2.75) is 13.3 Å². The minimum Gasteiger partial charge on any atom is -0.497 e. The number of benzene rings is 2. The minimum atomic E-state index is -0.808. The molecule has 28 heavy (non-hydrogen) atoms. The van der Waals surface area contributed by atoms with Crippen LogP contribution in [-0.4, -0.2) is 27.5 Å². The fourth-order valence-electron chi connectivity index (χ4n) is 2.76. The number of halogens is 1. The number of methoxy groups -OCH3 is 1. The number of aromatic amines is 1. The lowest BCUT2D eigenvalue weighted by Gasteiger charge is -2.13. The highest BCUT2D eigenvalue weighted by Gasteiger charge is 2.20. The van der Waals surface area contributed by atoms with Gasteiger partial charge in [-0.1, -0.05) is 19.1 Å². The molecule has 0 saturated heterocycles. The Hall–Kier alpha value is -3.68. The van der Waals surface area contributed by atoms with Crippen molar-refractivity contribution in [2.24, 2.45) is 4.99 Å². The Morgan fingerprint density at radius 2 is 1.86 bits per heavy atom. The number of hydrogen-bond donors (Lipinski definition) is 2. The fourth-order valence-corrected chi connectivity index (χ4v) is 2.76. The number of nitrogens with one attached hydrogen (secondary N) is 1. The van der Waals surface area contributed by atoms with Gasteiger partial charge in [0.15, 0.2) is 0 Å². The number of nitrogens with zero attached hydrogens (tertiary/aromatic N) is 2. The highest BCUT2D eigenvalue weighted by Crippen LogP contribution is 2.23. The standard InChI is InChI=1S/C20H18FN3O4/c1-3-15(22-16-7-5-4-6-14(16)21)17-18(25)23-20(27)24(19(17)26)12-8-10-13(28-2)11-9-12/h4-11,26H,3H2,1-2H3,(H,23,25,27). The average molecular weight is 383 g/mol. The van der Waals surface area contributed by atoms with Crippen molar-refractivity contribution in [3.05, 3.63) is 80.7 Å². The first-order valence-corrected chi connectivity index (χ1v) is 8.51. The van der Waals surface area contributed by atoms with E-state index in [4.69, 9.17) is 4.74 Å². The van der Waals surface area contributed by atoms with Gasteiger partial charge in [0, 0.05) is 0 Å². The van der Waals surface area contributed by atoms with E-state index in [1.165, 1.54) is 25.3 Å². The third-order valence-electron chi connectivity index (χ3n) is 4.15. The Morgan fingerprint density at radius 1 is 1.18 bits per heavy atom. The highest BCUT2D eigenvalue weighted by molar-refractivity contribution is 6.03. The molecule has 7 nitrogen and oxygen atoms in total. The van der Waals surface area contributed by atoms with Gasteiger partial charge in [0.25, 0.3) is 5.56 Å². The first kappa shape index (κ1) is 19.1. The molecule has 0 atom stereocenters. The molecule has 1 heterocycles. The Labute approximate surface area is 159 Å². The summed E-state index contributed by atoms with van der Waals surface area (Å²) in [4.78, 5) is 31.1. The van der Waals surface area contributed by atoms with Gasteiger partial charge in [0.2, 0.25) is 5.88 Å². The lowest BCUT2D eigenvalue weighted by Crippen LogP contribution is -2.33. The summed E-state index contributed by atoms with van der Waals surface area (Å²) in [6, 6.07) is 12.2. The number of H-pyrrole nitrogens is 1.